The van der Waals surface area contributed by atoms with E-state index in [1.165, 1.54) is 0 Å². The summed E-state index contributed by atoms with van der Waals surface area (Å²) in [6, 6.07) is 11.4. The van der Waals surface area contributed by atoms with Crippen molar-refractivity contribution in [1.82, 2.24) is 14.8 Å². The van der Waals surface area contributed by atoms with Gasteiger partial charge in [-0.25, -0.2) is 0 Å². The Balaban J connectivity index is 1.30. The molecule has 2 aliphatic rings. The van der Waals surface area contributed by atoms with Crippen LogP contribution in [0.1, 0.15) is 47.2 Å². The summed E-state index contributed by atoms with van der Waals surface area (Å²) in [5, 5.41) is 11.0. The average Bonchev–Trinajstić information content (AvgIpc) is 2.80. The number of piperidine rings is 2. The normalized spacial score (nSPS) is 19.5. The number of hydrogen-bond acceptors (Lipinski definition) is 4. The Bertz CT molecular complexity index is 882. The molecule has 6 heteroatoms. The van der Waals surface area contributed by atoms with E-state index < -0.39 is 5.60 Å². The smallest absolute Gasteiger partial charge is 0.253 e. The fraction of sp³-hybridized carbons (Fsp3) is 0.458. The molecule has 2 amide bonds. The molecule has 3 heterocycles. The molecule has 0 radical (unpaired) electrons. The second-order valence-electron chi connectivity index (χ2n) is 8.53. The van der Waals surface area contributed by atoms with Gasteiger partial charge in [-0.15, -0.1) is 0 Å². The van der Waals surface area contributed by atoms with Crippen LogP contribution in [0.4, 0.5) is 0 Å². The van der Waals surface area contributed by atoms with Crippen LogP contribution in [0.15, 0.2) is 48.8 Å². The molecule has 2 saturated heterocycles. The quantitative estimate of drug-likeness (QED) is 0.849. The molecule has 30 heavy (non-hydrogen) atoms. The molecule has 158 valence electrons. The molecule has 1 aromatic carbocycles. The van der Waals surface area contributed by atoms with E-state index >= 15 is 0 Å². The molecule has 4 rings (SSSR count). The lowest BCUT2D eigenvalue weighted by Gasteiger charge is -2.40. The summed E-state index contributed by atoms with van der Waals surface area (Å²) < 4.78 is 0. The lowest BCUT2D eigenvalue weighted by Crippen LogP contribution is -2.49. The monoisotopic (exact) mass is 407 g/mol. The van der Waals surface area contributed by atoms with Crippen molar-refractivity contribution in [1.29, 1.82) is 0 Å². The minimum absolute atomic E-state index is 0.0420. The summed E-state index contributed by atoms with van der Waals surface area (Å²) in [5.74, 6) is 0.155. The molecule has 2 fully saturated rings. The second kappa shape index (κ2) is 8.56. The van der Waals surface area contributed by atoms with Crippen LogP contribution in [0.2, 0.25) is 0 Å². The number of benzene rings is 1. The number of likely N-dealkylation sites (tertiary alicyclic amines) is 2. The maximum Gasteiger partial charge on any atom is 0.253 e. The van der Waals surface area contributed by atoms with E-state index in [1.807, 2.05) is 53.1 Å². The zero-order chi connectivity index (χ0) is 21.1. The first-order valence-corrected chi connectivity index (χ1v) is 10.7. The van der Waals surface area contributed by atoms with Gasteiger partial charge in [0.1, 0.15) is 0 Å². The number of hydrogen-bond donors (Lipinski definition) is 1. The third-order valence-electron chi connectivity index (χ3n) is 6.53. The van der Waals surface area contributed by atoms with Crippen molar-refractivity contribution in [3.63, 3.8) is 0 Å². The van der Waals surface area contributed by atoms with Gasteiger partial charge in [0.25, 0.3) is 5.91 Å². The number of aryl methyl sites for hydroxylation is 1. The van der Waals surface area contributed by atoms with Crippen molar-refractivity contribution in [2.45, 2.75) is 38.2 Å². The zero-order valence-corrected chi connectivity index (χ0v) is 17.5. The van der Waals surface area contributed by atoms with Crippen molar-refractivity contribution in [3.8, 4) is 0 Å². The van der Waals surface area contributed by atoms with Crippen LogP contribution in [0.25, 0.3) is 0 Å². The molecule has 0 unspecified atom stereocenters. The van der Waals surface area contributed by atoms with E-state index in [0.29, 0.717) is 57.4 Å². The van der Waals surface area contributed by atoms with Crippen LogP contribution in [-0.4, -0.2) is 57.9 Å². The predicted octanol–water partition coefficient (Wildman–Crippen LogP) is 2.75. The van der Waals surface area contributed by atoms with Crippen LogP contribution in [0.3, 0.4) is 0 Å². The third kappa shape index (κ3) is 4.24. The molecular weight excluding hydrogens is 378 g/mol. The van der Waals surface area contributed by atoms with Crippen molar-refractivity contribution in [2.24, 2.45) is 5.92 Å². The van der Waals surface area contributed by atoms with Crippen molar-refractivity contribution in [2.75, 3.05) is 26.2 Å². The Morgan fingerprint density at radius 1 is 1.00 bits per heavy atom. The number of aliphatic hydroxyl groups is 1. The van der Waals surface area contributed by atoms with Crippen molar-refractivity contribution in [3.05, 3.63) is 65.5 Å². The van der Waals surface area contributed by atoms with Gasteiger partial charge in [-0.3, -0.25) is 14.6 Å². The fourth-order valence-electron chi connectivity index (χ4n) is 4.49. The highest BCUT2D eigenvalue weighted by Crippen LogP contribution is 2.33. The summed E-state index contributed by atoms with van der Waals surface area (Å²) in [5.41, 5.74) is 1.75. The van der Waals surface area contributed by atoms with Crippen LogP contribution >= 0.6 is 0 Å². The molecule has 0 bridgehead atoms. The number of rotatable bonds is 3. The molecular formula is C24H29N3O3. The average molecular weight is 408 g/mol. The fourth-order valence-corrected chi connectivity index (χ4v) is 4.49. The predicted molar refractivity (Wildman–Crippen MR) is 114 cm³/mol. The lowest BCUT2D eigenvalue weighted by atomic mass is 9.84. The van der Waals surface area contributed by atoms with Crippen LogP contribution in [0.5, 0.6) is 0 Å². The molecule has 2 aliphatic heterocycles. The van der Waals surface area contributed by atoms with Crippen molar-refractivity contribution >= 4 is 11.8 Å². The minimum atomic E-state index is -0.908. The molecule has 1 aromatic heterocycles. The van der Waals surface area contributed by atoms with Crippen LogP contribution in [0, 0.1) is 12.8 Å². The Hall–Kier alpha value is -2.73. The van der Waals surface area contributed by atoms with E-state index in [-0.39, 0.29) is 17.7 Å². The van der Waals surface area contributed by atoms with Gasteiger partial charge in [0.2, 0.25) is 5.91 Å². The zero-order valence-electron chi connectivity index (χ0n) is 17.5. The van der Waals surface area contributed by atoms with Gasteiger partial charge in [0, 0.05) is 55.6 Å². The highest BCUT2D eigenvalue weighted by molar-refractivity contribution is 5.94. The van der Waals surface area contributed by atoms with Gasteiger partial charge >= 0.3 is 0 Å². The number of aromatic nitrogens is 1. The molecule has 1 N–H and O–H groups in total. The van der Waals surface area contributed by atoms with Gasteiger partial charge in [0.15, 0.2) is 0 Å². The largest absolute Gasteiger partial charge is 0.385 e. The number of carbonyl (C=O) groups is 2. The van der Waals surface area contributed by atoms with Crippen LogP contribution < -0.4 is 0 Å². The number of pyridine rings is 1. The molecule has 0 atom stereocenters. The van der Waals surface area contributed by atoms with E-state index in [2.05, 4.69) is 4.98 Å². The van der Waals surface area contributed by atoms with Gasteiger partial charge in [0.05, 0.1) is 5.60 Å². The maximum atomic E-state index is 13.0. The number of nitrogens with zero attached hydrogens (tertiary/aromatic N) is 3. The van der Waals surface area contributed by atoms with Gasteiger partial charge in [-0.05, 0) is 50.8 Å². The van der Waals surface area contributed by atoms with Gasteiger partial charge in [-0.2, -0.15) is 0 Å². The van der Waals surface area contributed by atoms with E-state index in [4.69, 9.17) is 0 Å². The molecule has 0 aliphatic carbocycles. The highest BCUT2D eigenvalue weighted by atomic mass is 16.3. The molecule has 2 aromatic rings. The Labute approximate surface area is 177 Å². The standard InChI is InChI=1S/C24H29N3O3/c1-18-4-6-19(7-5-18)22(28)26-13-8-20(9-14-26)23(29)27-15-10-24(30,11-16-27)21-3-2-12-25-17-21/h2-7,12,17,20,30H,8-11,13-16H2,1H3. The first-order chi connectivity index (χ1) is 14.5. The second-order valence-corrected chi connectivity index (χ2v) is 8.53. The van der Waals surface area contributed by atoms with Crippen LogP contribution in [-0.2, 0) is 10.4 Å². The Morgan fingerprint density at radius 2 is 1.67 bits per heavy atom. The van der Waals surface area contributed by atoms with E-state index in [0.717, 1.165) is 11.1 Å². The summed E-state index contributed by atoms with van der Waals surface area (Å²) in [7, 11) is 0. The molecule has 0 saturated carbocycles. The lowest BCUT2D eigenvalue weighted by molar-refractivity contribution is -0.141. The number of carbonyl (C=O) groups excluding carboxylic acids is 2. The number of amides is 2. The van der Waals surface area contributed by atoms with E-state index in [9.17, 15) is 14.7 Å². The van der Waals surface area contributed by atoms with E-state index in [1.54, 1.807) is 12.4 Å². The summed E-state index contributed by atoms with van der Waals surface area (Å²) in [4.78, 5) is 33.5. The first kappa shape index (κ1) is 20.5. The third-order valence-corrected chi connectivity index (χ3v) is 6.53. The van der Waals surface area contributed by atoms with Crippen molar-refractivity contribution < 1.29 is 14.7 Å². The summed E-state index contributed by atoms with van der Waals surface area (Å²) in [6.07, 6.45) is 5.84. The summed E-state index contributed by atoms with van der Waals surface area (Å²) in [6.45, 7) is 4.32. The molecule has 0 spiro atoms. The Morgan fingerprint density at radius 3 is 2.27 bits per heavy atom. The maximum absolute atomic E-state index is 13.0. The topological polar surface area (TPSA) is 73.7 Å². The SMILES string of the molecule is Cc1ccc(C(=O)N2CCC(C(=O)N3CCC(O)(c4cccnc4)CC3)CC2)cc1. The highest BCUT2D eigenvalue weighted by Gasteiger charge is 2.38. The minimum Gasteiger partial charge on any atom is -0.385 e. The molecule has 6 nitrogen and oxygen atoms in total. The summed E-state index contributed by atoms with van der Waals surface area (Å²) >= 11 is 0. The van der Waals surface area contributed by atoms with Gasteiger partial charge in [-0.1, -0.05) is 23.8 Å². The van der Waals surface area contributed by atoms with Gasteiger partial charge < -0.3 is 14.9 Å². The first-order valence-electron chi connectivity index (χ1n) is 10.7. The Kier molecular flexibility index (Phi) is 5.86.